The number of hydrogen-bond acceptors (Lipinski definition) is 3. The number of carbonyl (C=O) groups excluding carboxylic acids is 1. The Labute approximate surface area is 108 Å². The summed E-state index contributed by atoms with van der Waals surface area (Å²) in [6.45, 7) is 5.39. The highest BCUT2D eigenvalue weighted by Crippen LogP contribution is 2.12. The molecule has 1 saturated heterocycles. The van der Waals surface area contributed by atoms with Gasteiger partial charge in [0.05, 0.1) is 19.7 Å². The van der Waals surface area contributed by atoms with E-state index in [1.807, 2.05) is 0 Å². The maximum absolute atomic E-state index is 11.1. The molecular weight excluding hydrogens is 238 g/mol. The van der Waals surface area contributed by atoms with Crippen LogP contribution in [0.2, 0.25) is 0 Å². The van der Waals surface area contributed by atoms with Crippen molar-refractivity contribution in [1.82, 2.24) is 10.6 Å². The largest absolute Gasteiger partial charge is 0.450 e. The number of rotatable bonds is 4. The molecule has 0 atom stereocenters. The third-order valence-corrected chi connectivity index (χ3v) is 3.13. The van der Waals surface area contributed by atoms with Crippen molar-refractivity contribution in [2.24, 2.45) is 5.92 Å². The zero-order valence-corrected chi connectivity index (χ0v) is 11.1. The molecule has 98 valence electrons. The molecule has 0 aromatic rings. The zero-order chi connectivity index (χ0) is 12.5. The van der Waals surface area contributed by atoms with E-state index in [2.05, 4.69) is 16.0 Å². The fraction of sp³-hybridized carbons (Fsp3) is 0.818. The first-order valence-electron chi connectivity index (χ1n) is 6.25. The average Bonchev–Trinajstić information content (AvgIpc) is 2.30. The minimum absolute atomic E-state index is 0.353. The summed E-state index contributed by atoms with van der Waals surface area (Å²) < 4.78 is 4.73. The van der Waals surface area contributed by atoms with E-state index in [4.69, 9.17) is 17.0 Å². The number of nitrogens with one attached hydrogen (secondary N) is 2. The fourth-order valence-electron chi connectivity index (χ4n) is 1.98. The van der Waals surface area contributed by atoms with Crippen molar-refractivity contribution in [2.75, 3.05) is 26.2 Å². The van der Waals surface area contributed by atoms with Crippen LogP contribution in [0.15, 0.2) is 0 Å². The lowest BCUT2D eigenvalue weighted by Gasteiger charge is -2.20. The summed E-state index contributed by atoms with van der Waals surface area (Å²) in [4.78, 5) is 11.1. The first kappa shape index (κ1) is 14.2. The monoisotopic (exact) mass is 260 g/mol. The van der Waals surface area contributed by atoms with Crippen LogP contribution in [0, 0.1) is 5.92 Å². The Hall–Kier alpha value is -0.880. The quantitative estimate of drug-likeness (QED) is 0.621. The van der Waals surface area contributed by atoms with E-state index >= 15 is 0 Å². The summed E-state index contributed by atoms with van der Waals surface area (Å²) in [5.74, 6) is 0.790. The predicted octanol–water partition coefficient (Wildman–Crippen LogP) is -0.0295. The minimum Gasteiger partial charge on any atom is -0.450 e. The summed E-state index contributed by atoms with van der Waals surface area (Å²) in [6.07, 6.45) is 3.18. The van der Waals surface area contributed by atoms with Gasteiger partial charge in [-0.25, -0.2) is 4.79 Å². The molecule has 1 aliphatic rings. The van der Waals surface area contributed by atoms with Gasteiger partial charge in [-0.3, -0.25) is 5.32 Å². The second-order valence-electron chi connectivity index (χ2n) is 4.20. The van der Waals surface area contributed by atoms with Crippen molar-refractivity contribution >= 4 is 23.4 Å². The molecule has 1 heterocycles. The Morgan fingerprint density at radius 1 is 1.47 bits per heavy atom. The maximum Gasteiger partial charge on any atom is 0.413 e. The molecular formula is C11H22N3O2S+. The van der Waals surface area contributed by atoms with Gasteiger partial charge in [-0.1, -0.05) is 0 Å². The number of quaternary nitrogens is 1. The highest BCUT2D eigenvalue weighted by molar-refractivity contribution is 7.80. The number of carbonyl (C=O) groups is 1. The number of nitrogens with two attached hydrogens (primary N) is 1. The van der Waals surface area contributed by atoms with Crippen molar-refractivity contribution in [2.45, 2.75) is 26.2 Å². The van der Waals surface area contributed by atoms with Gasteiger partial charge in [-0.15, -0.1) is 0 Å². The molecule has 4 N–H and O–H groups in total. The van der Waals surface area contributed by atoms with Crippen molar-refractivity contribution in [1.29, 1.82) is 0 Å². The van der Waals surface area contributed by atoms with Crippen LogP contribution in [-0.4, -0.2) is 37.4 Å². The standard InChI is InChI=1S/C11H21N3O2S/c1-2-16-11(15)14-10(17)13-8-5-9-3-6-12-7-4-9/h9,12H,2-8H2,1H3,(H2,13,14,15,17)/p+1. The second kappa shape index (κ2) is 8.25. The molecule has 0 bridgehead atoms. The van der Waals surface area contributed by atoms with E-state index in [0.717, 1.165) is 18.9 Å². The average molecular weight is 260 g/mol. The third kappa shape index (κ3) is 6.43. The molecule has 0 aromatic carbocycles. The van der Waals surface area contributed by atoms with Gasteiger partial charge in [-0.05, 0) is 44.3 Å². The van der Waals surface area contributed by atoms with E-state index in [9.17, 15) is 4.79 Å². The van der Waals surface area contributed by atoms with E-state index < -0.39 is 6.09 Å². The fourth-order valence-corrected chi connectivity index (χ4v) is 2.16. The van der Waals surface area contributed by atoms with Gasteiger partial charge in [0.2, 0.25) is 0 Å². The molecule has 0 spiro atoms. The van der Waals surface area contributed by atoms with Gasteiger partial charge >= 0.3 is 6.09 Å². The van der Waals surface area contributed by atoms with E-state index in [0.29, 0.717) is 11.7 Å². The third-order valence-electron chi connectivity index (χ3n) is 2.89. The second-order valence-corrected chi connectivity index (χ2v) is 4.61. The van der Waals surface area contributed by atoms with Crippen LogP contribution in [0.1, 0.15) is 26.2 Å². The van der Waals surface area contributed by atoms with Crippen LogP contribution < -0.4 is 16.0 Å². The number of ether oxygens (including phenoxy) is 1. The highest BCUT2D eigenvalue weighted by atomic mass is 32.1. The predicted molar refractivity (Wildman–Crippen MR) is 69.8 cm³/mol. The van der Waals surface area contributed by atoms with Crippen LogP contribution in [0.3, 0.4) is 0 Å². The highest BCUT2D eigenvalue weighted by Gasteiger charge is 2.14. The number of hydrogen-bond donors (Lipinski definition) is 3. The number of amides is 1. The molecule has 5 nitrogen and oxygen atoms in total. The molecule has 1 aliphatic heterocycles. The summed E-state index contributed by atoms with van der Waals surface area (Å²) in [7, 11) is 0. The summed E-state index contributed by atoms with van der Waals surface area (Å²) >= 11 is 4.98. The van der Waals surface area contributed by atoms with Crippen LogP contribution in [-0.2, 0) is 4.74 Å². The van der Waals surface area contributed by atoms with Gasteiger partial charge in [0, 0.05) is 6.54 Å². The lowest BCUT2D eigenvalue weighted by molar-refractivity contribution is -0.664. The van der Waals surface area contributed by atoms with Crippen LogP contribution in [0.4, 0.5) is 4.79 Å². The molecule has 1 rings (SSSR count). The van der Waals surface area contributed by atoms with Crippen molar-refractivity contribution in [3.8, 4) is 0 Å². The van der Waals surface area contributed by atoms with Crippen molar-refractivity contribution in [3.05, 3.63) is 0 Å². The molecule has 6 heteroatoms. The molecule has 1 amide bonds. The van der Waals surface area contributed by atoms with Gasteiger partial charge in [0.1, 0.15) is 0 Å². The molecule has 1 fully saturated rings. The Morgan fingerprint density at radius 2 is 2.18 bits per heavy atom. The number of thiocarbonyl (C=S) groups is 1. The Kier molecular flexibility index (Phi) is 6.88. The van der Waals surface area contributed by atoms with Crippen LogP contribution in [0.5, 0.6) is 0 Å². The van der Waals surface area contributed by atoms with Crippen molar-refractivity contribution < 1.29 is 14.8 Å². The molecule has 0 unspecified atom stereocenters. The maximum atomic E-state index is 11.1. The van der Waals surface area contributed by atoms with E-state index in [1.165, 1.54) is 25.9 Å². The lowest BCUT2D eigenvalue weighted by Crippen LogP contribution is -2.86. The van der Waals surface area contributed by atoms with Gasteiger partial charge in [0.15, 0.2) is 5.11 Å². The Balaban J connectivity index is 2.05. The summed E-state index contributed by atoms with van der Waals surface area (Å²) in [5, 5.41) is 8.21. The van der Waals surface area contributed by atoms with E-state index in [1.54, 1.807) is 6.92 Å². The van der Waals surface area contributed by atoms with Crippen LogP contribution >= 0.6 is 12.2 Å². The first-order chi connectivity index (χ1) is 8.22. The van der Waals surface area contributed by atoms with Gasteiger partial charge in [-0.2, -0.15) is 0 Å². The molecule has 17 heavy (non-hydrogen) atoms. The normalized spacial score (nSPS) is 16.3. The number of alkyl carbamates (subject to hydrolysis) is 1. The smallest absolute Gasteiger partial charge is 0.413 e. The SMILES string of the molecule is CCOC(=O)NC(=S)NCCC1CC[NH2+]CC1. The summed E-state index contributed by atoms with van der Waals surface area (Å²) in [5.41, 5.74) is 0. The number of piperidine rings is 1. The Bertz CT molecular complexity index is 255. The van der Waals surface area contributed by atoms with E-state index in [-0.39, 0.29) is 0 Å². The Morgan fingerprint density at radius 3 is 2.82 bits per heavy atom. The molecule has 0 saturated carbocycles. The molecule has 0 aromatic heterocycles. The first-order valence-corrected chi connectivity index (χ1v) is 6.66. The van der Waals surface area contributed by atoms with Gasteiger partial charge < -0.3 is 15.4 Å². The van der Waals surface area contributed by atoms with Crippen LogP contribution in [0.25, 0.3) is 0 Å². The lowest BCUT2D eigenvalue weighted by atomic mass is 9.95. The summed E-state index contributed by atoms with van der Waals surface area (Å²) in [6, 6.07) is 0. The van der Waals surface area contributed by atoms with Gasteiger partial charge in [0.25, 0.3) is 0 Å². The topological polar surface area (TPSA) is 67.0 Å². The molecule has 0 radical (unpaired) electrons. The molecule has 0 aliphatic carbocycles. The van der Waals surface area contributed by atoms with Crippen molar-refractivity contribution in [3.63, 3.8) is 0 Å². The zero-order valence-electron chi connectivity index (χ0n) is 10.3. The minimum atomic E-state index is -0.489.